The van der Waals surface area contributed by atoms with Crippen molar-refractivity contribution in [2.24, 2.45) is 5.41 Å². The zero-order valence-corrected chi connectivity index (χ0v) is 14.5. The molecular formula is C20H22N2O3. The third kappa shape index (κ3) is 2.72. The zero-order valence-electron chi connectivity index (χ0n) is 14.5. The average Bonchev–Trinajstić information content (AvgIpc) is 2.65. The van der Waals surface area contributed by atoms with Crippen LogP contribution in [-0.4, -0.2) is 47.9 Å². The van der Waals surface area contributed by atoms with E-state index in [2.05, 4.69) is 4.98 Å². The lowest BCUT2D eigenvalue weighted by molar-refractivity contribution is -0.139. The Kier molecular flexibility index (Phi) is 4.04. The van der Waals surface area contributed by atoms with E-state index in [9.17, 15) is 9.59 Å². The van der Waals surface area contributed by atoms with E-state index in [0.717, 1.165) is 16.5 Å². The first-order valence-corrected chi connectivity index (χ1v) is 8.85. The number of pyridine rings is 1. The highest BCUT2D eigenvalue weighted by molar-refractivity contribution is 6.01. The van der Waals surface area contributed by atoms with Crippen LogP contribution in [0.4, 0.5) is 0 Å². The first-order valence-electron chi connectivity index (χ1n) is 8.85. The van der Waals surface area contributed by atoms with Gasteiger partial charge in [-0.2, -0.15) is 0 Å². The van der Waals surface area contributed by atoms with Crippen molar-refractivity contribution in [2.45, 2.75) is 26.2 Å². The minimum absolute atomic E-state index is 0.0193. The Morgan fingerprint density at radius 1 is 1.24 bits per heavy atom. The number of aromatic nitrogens is 1. The maximum atomic E-state index is 13.1. The lowest BCUT2D eigenvalue weighted by Crippen LogP contribution is -2.53. The summed E-state index contributed by atoms with van der Waals surface area (Å²) >= 11 is 0. The van der Waals surface area contributed by atoms with Gasteiger partial charge in [0.15, 0.2) is 0 Å². The van der Waals surface area contributed by atoms with Gasteiger partial charge in [0.2, 0.25) is 0 Å². The predicted molar refractivity (Wildman–Crippen MR) is 94.5 cm³/mol. The molecule has 5 heteroatoms. The number of ketones is 1. The number of fused-ring (bicyclic) bond motifs is 1. The maximum absolute atomic E-state index is 13.1. The molecule has 1 spiro atoms. The quantitative estimate of drug-likeness (QED) is 0.802. The van der Waals surface area contributed by atoms with Crippen LogP contribution in [0.25, 0.3) is 10.9 Å². The molecule has 2 aliphatic rings. The summed E-state index contributed by atoms with van der Waals surface area (Å²) in [5.74, 6) is 0.266. The minimum Gasteiger partial charge on any atom is -0.381 e. The van der Waals surface area contributed by atoms with Crippen LogP contribution in [0.15, 0.2) is 30.5 Å². The van der Waals surface area contributed by atoms with Crippen LogP contribution in [0.1, 0.15) is 35.2 Å². The van der Waals surface area contributed by atoms with Gasteiger partial charge in [-0.1, -0.05) is 18.2 Å². The lowest BCUT2D eigenvalue weighted by Gasteiger charge is -2.43. The number of benzene rings is 1. The second-order valence-electron chi connectivity index (χ2n) is 7.11. The van der Waals surface area contributed by atoms with Crippen LogP contribution in [0.3, 0.4) is 0 Å². The number of carbonyl (C=O) groups is 2. The summed E-state index contributed by atoms with van der Waals surface area (Å²) in [6.45, 7) is 4.16. The largest absolute Gasteiger partial charge is 0.381 e. The van der Waals surface area contributed by atoms with Crippen LogP contribution < -0.4 is 0 Å². The Morgan fingerprint density at radius 2 is 2.00 bits per heavy atom. The van der Waals surface area contributed by atoms with Crippen molar-refractivity contribution in [3.05, 3.63) is 41.6 Å². The van der Waals surface area contributed by atoms with E-state index >= 15 is 0 Å². The van der Waals surface area contributed by atoms with E-state index in [-0.39, 0.29) is 11.7 Å². The van der Waals surface area contributed by atoms with Crippen molar-refractivity contribution >= 4 is 22.6 Å². The Bertz CT molecular complexity index is 840. The van der Waals surface area contributed by atoms with Crippen LogP contribution >= 0.6 is 0 Å². The van der Waals surface area contributed by atoms with Gasteiger partial charge in [-0.05, 0) is 31.4 Å². The zero-order chi connectivity index (χ0) is 17.4. The number of nitrogens with zero attached hydrogens (tertiary/aromatic N) is 2. The summed E-state index contributed by atoms with van der Waals surface area (Å²) in [4.78, 5) is 31.9. The van der Waals surface area contributed by atoms with Crippen molar-refractivity contribution in [2.75, 3.05) is 26.3 Å². The van der Waals surface area contributed by atoms with Crippen LogP contribution in [0.5, 0.6) is 0 Å². The highest BCUT2D eigenvalue weighted by Gasteiger charge is 2.45. The maximum Gasteiger partial charge on any atom is 0.255 e. The molecule has 130 valence electrons. The van der Waals surface area contributed by atoms with Gasteiger partial charge >= 0.3 is 0 Å². The summed E-state index contributed by atoms with van der Waals surface area (Å²) in [7, 11) is 0. The average molecular weight is 338 g/mol. The van der Waals surface area contributed by atoms with Crippen molar-refractivity contribution in [1.82, 2.24) is 9.88 Å². The van der Waals surface area contributed by atoms with Gasteiger partial charge in [0.25, 0.3) is 5.91 Å². The Labute approximate surface area is 147 Å². The van der Waals surface area contributed by atoms with Crippen molar-refractivity contribution in [3.8, 4) is 0 Å². The van der Waals surface area contributed by atoms with E-state index in [1.54, 1.807) is 6.20 Å². The van der Waals surface area contributed by atoms with Crippen molar-refractivity contribution in [1.29, 1.82) is 0 Å². The van der Waals surface area contributed by atoms with Gasteiger partial charge in [0.1, 0.15) is 5.78 Å². The molecule has 0 N–H and O–H groups in total. The van der Waals surface area contributed by atoms with Gasteiger partial charge in [0, 0.05) is 44.3 Å². The van der Waals surface area contributed by atoms with E-state index < -0.39 is 5.41 Å². The number of aryl methyl sites for hydroxylation is 1. The number of piperidine rings is 1. The van der Waals surface area contributed by atoms with E-state index in [1.165, 1.54) is 0 Å². The number of hydrogen-bond donors (Lipinski definition) is 0. The summed E-state index contributed by atoms with van der Waals surface area (Å²) < 4.78 is 5.43. The number of carbonyl (C=O) groups excluding carboxylic acids is 2. The topological polar surface area (TPSA) is 59.5 Å². The fourth-order valence-corrected chi connectivity index (χ4v) is 4.07. The SMILES string of the molecule is Cc1c(C(=O)N2CCC(=O)C3(CCOCC3)C2)cnc2ccccc12. The molecule has 0 bridgehead atoms. The second kappa shape index (κ2) is 6.23. The molecule has 2 fully saturated rings. The molecular weight excluding hydrogens is 316 g/mol. The van der Waals surface area contributed by atoms with Gasteiger partial charge in [0.05, 0.1) is 16.5 Å². The number of ether oxygens (including phenoxy) is 1. The highest BCUT2D eigenvalue weighted by Crippen LogP contribution is 2.37. The molecule has 1 aromatic heterocycles. The van der Waals surface area contributed by atoms with Crippen LogP contribution in [0, 0.1) is 12.3 Å². The third-order valence-electron chi connectivity index (χ3n) is 5.71. The lowest BCUT2D eigenvalue weighted by atomic mass is 9.72. The molecule has 0 atom stereocenters. The summed E-state index contributed by atoms with van der Waals surface area (Å²) in [5.41, 5.74) is 2.07. The molecule has 2 saturated heterocycles. The molecule has 5 nitrogen and oxygen atoms in total. The van der Waals surface area contributed by atoms with Crippen molar-refractivity contribution < 1.29 is 14.3 Å². The fourth-order valence-electron chi connectivity index (χ4n) is 4.07. The molecule has 2 aliphatic heterocycles. The molecule has 25 heavy (non-hydrogen) atoms. The Morgan fingerprint density at radius 3 is 2.80 bits per heavy atom. The number of rotatable bonds is 1. The molecule has 1 amide bonds. The molecule has 4 rings (SSSR count). The Balaban J connectivity index is 1.65. The molecule has 0 radical (unpaired) electrons. The smallest absolute Gasteiger partial charge is 0.255 e. The summed E-state index contributed by atoms with van der Waals surface area (Å²) in [6, 6.07) is 7.85. The Hall–Kier alpha value is -2.27. The predicted octanol–water partition coefficient (Wildman–Crippen LogP) is 2.76. The number of hydrogen-bond acceptors (Lipinski definition) is 4. The van der Waals surface area contributed by atoms with Gasteiger partial charge in [-0.25, -0.2) is 0 Å². The monoisotopic (exact) mass is 338 g/mol. The molecule has 0 aliphatic carbocycles. The summed E-state index contributed by atoms with van der Waals surface area (Å²) in [5, 5.41) is 1.00. The molecule has 0 saturated carbocycles. The second-order valence-corrected chi connectivity index (χ2v) is 7.11. The van der Waals surface area contributed by atoms with Crippen LogP contribution in [-0.2, 0) is 9.53 Å². The van der Waals surface area contributed by atoms with Gasteiger partial charge < -0.3 is 9.64 Å². The fraction of sp³-hybridized carbons (Fsp3) is 0.450. The molecule has 1 aromatic carbocycles. The number of likely N-dealkylation sites (tertiary alicyclic amines) is 1. The molecule has 2 aromatic rings. The van der Waals surface area contributed by atoms with E-state index in [0.29, 0.717) is 51.1 Å². The molecule has 0 unspecified atom stereocenters. The standard InChI is InChI=1S/C20H22N2O3/c1-14-15-4-2-3-5-17(15)21-12-16(14)19(24)22-9-6-18(23)20(13-22)7-10-25-11-8-20/h2-5,12H,6-11,13H2,1H3. The van der Waals surface area contributed by atoms with Crippen LogP contribution in [0.2, 0.25) is 0 Å². The first kappa shape index (κ1) is 16.2. The van der Waals surface area contributed by atoms with E-state index in [4.69, 9.17) is 4.74 Å². The third-order valence-corrected chi connectivity index (χ3v) is 5.71. The van der Waals surface area contributed by atoms with Gasteiger partial charge in [-0.15, -0.1) is 0 Å². The first-order chi connectivity index (χ1) is 12.1. The van der Waals surface area contributed by atoms with Crippen molar-refractivity contribution in [3.63, 3.8) is 0 Å². The van der Waals surface area contributed by atoms with E-state index in [1.807, 2.05) is 36.1 Å². The summed E-state index contributed by atoms with van der Waals surface area (Å²) in [6.07, 6.45) is 3.54. The highest BCUT2D eigenvalue weighted by atomic mass is 16.5. The molecule has 3 heterocycles. The normalized spacial score (nSPS) is 20.2. The number of Topliss-reactive ketones (excluding diaryl/α,β-unsaturated/α-hetero) is 1. The number of para-hydroxylation sites is 1. The van der Waals surface area contributed by atoms with Gasteiger partial charge in [-0.3, -0.25) is 14.6 Å². The number of amides is 1. The minimum atomic E-state index is -0.412.